The largest absolute Gasteiger partial charge is 0.496 e. The van der Waals surface area contributed by atoms with E-state index in [1.54, 1.807) is 55.7 Å². The molecule has 30 heavy (non-hydrogen) atoms. The molecule has 0 N–H and O–H groups in total. The fourth-order valence-electron chi connectivity index (χ4n) is 3.09. The number of benzene rings is 3. The lowest BCUT2D eigenvalue weighted by Crippen LogP contribution is -2.11. The average molecular weight is 421 g/mol. The van der Waals surface area contributed by atoms with E-state index in [0.717, 1.165) is 11.1 Å². The minimum atomic E-state index is -0.425. The Labute approximate surface area is 178 Å². The molecule has 0 aliphatic carbocycles. The zero-order valence-corrected chi connectivity index (χ0v) is 16.8. The molecular weight excluding hydrogens is 404 g/mol. The topological polar surface area (TPSA) is 61.8 Å². The Hall–Kier alpha value is -3.57. The minimum Gasteiger partial charge on any atom is -0.496 e. The van der Waals surface area contributed by atoms with Gasteiger partial charge in [0.1, 0.15) is 17.2 Å². The normalized spacial score (nSPS) is 13.7. The van der Waals surface area contributed by atoms with Gasteiger partial charge in [-0.05, 0) is 42.0 Å². The van der Waals surface area contributed by atoms with Gasteiger partial charge in [0.25, 0.3) is 0 Å². The second kappa shape index (κ2) is 8.43. The van der Waals surface area contributed by atoms with Crippen molar-refractivity contribution in [2.75, 3.05) is 7.11 Å². The summed E-state index contributed by atoms with van der Waals surface area (Å²) in [5, 5.41) is 0.601. The van der Waals surface area contributed by atoms with Crippen LogP contribution >= 0.6 is 11.6 Å². The molecule has 0 aromatic heterocycles. The lowest BCUT2D eigenvalue weighted by molar-refractivity contribution is -0.133. The molecule has 0 fully saturated rings. The van der Waals surface area contributed by atoms with Crippen LogP contribution in [-0.4, -0.2) is 18.9 Å². The number of fused-ring (bicyclic) bond motifs is 1. The molecule has 0 amide bonds. The highest BCUT2D eigenvalue weighted by Gasteiger charge is 2.28. The van der Waals surface area contributed by atoms with Gasteiger partial charge in [0.05, 0.1) is 19.1 Å². The Bertz CT molecular complexity index is 1150. The maximum absolute atomic E-state index is 12.7. The molecule has 0 radical (unpaired) electrons. The van der Waals surface area contributed by atoms with Crippen LogP contribution in [0.5, 0.6) is 17.2 Å². The molecule has 3 aromatic rings. The van der Waals surface area contributed by atoms with Gasteiger partial charge in [0, 0.05) is 16.7 Å². The number of ketones is 1. The molecule has 1 heterocycles. The highest BCUT2D eigenvalue weighted by atomic mass is 35.5. The van der Waals surface area contributed by atoms with E-state index in [1.807, 2.05) is 18.2 Å². The van der Waals surface area contributed by atoms with E-state index >= 15 is 0 Å². The van der Waals surface area contributed by atoms with Crippen molar-refractivity contribution in [3.05, 3.63) is 94.2 Å². The van der Waals surface area contributed by atoms with Crippen LogP contribution in [0.25, 0.3) is 6.08 Å². The Morgan fingerprint density at radius 2 is 1.83 bits per heavy atom. The van der Waals surface area contributed by atoms with Crippen molar-refractivity contribution in [3.8, 4) is 17.2 Å². The van der Waals surface area contributed by atoms with E-state index in [9.17, 15) is 9.59 Å². The number of Topliss-reactive ketones (excluding diaryl/α,β-unsaturated/α-hetero) is 1. The van der Waals surface area contributed by atoms with Crippen LogP contribution in [-0.2, 0) is 11.2 Å². The molecule has 4 rings (SSSR count). The maximum atomic E-state index is 12.7. The number of hydrogen-bond donors (Lipinski definition) is 0. The lowest BCUT2D eigenvalue weighted by atomic mass is 10.1. The van der Waals surface area contributed by atoms with E-state index in [-0.39, 0.29) is 18.0 Å². The molecule has 150 valence electrons. The lowest BCUT2D eigenvalue weighted by Gasteiger charge is -2.06. The number of para-hydroxylation sites is 1. The summed E-state index contributed by atoms with van der Waals surface area (Å²) in [6, 6.07) is 19.0. The summed E-state index contributed by atoms with van der Waals surface area (Å²) in [7, 11) is 1.56. The van der Waals surface area contributed by atoms with Crippen molar-refractivity contribution in [3.63, 3.8) is 0 Å². The molecule has 3 aromatic carbocycles. The number of esters is 1. The van der Waals surface area contributed by atoms with Gasteiger partial charge in [-0.25, -0.2) is 0 Å². The molecule has 1 aliphatic heterocycles. The standard InChI is InChI=1S/C24H17ClO5/c1-28-20-5-3-2-4-16(20)13-22-24(27)19-11-10-18(14-21(19)30-22)29-23(26)12-15-6-8-17(25)9-7-15/h2-11,13-14H,12H2,1H3/b22-13-. The number of carbonyl (C=O) groups excluding carboxylic acids is 2. The summed E-state index contributed by atoms with van der Waals surface area (Å²) >= 11 is 5.85. The first-order valence-corrected chi connectivity index (χ1v) is 9.58. The van der Waals surface area contributed by atoms with Crippen LogP contribution in [0.4, 0.5) is 0 Å². The zero-order valence-electron chi connectivity index (χ0n) is 16.1. The highest BCUT2D eigenvalue weighted by Crippen LogP contribution is 2.35. The van der Waals surface area contributed by atoms with Crippen molar-refractivity contribution in [2.24, 2.45) is 0 Å². The molecule has 0 spiro atoms. The molecular formula is C24H17ClO5. The van der Waals surface area contributed by atoms with Crippen LogP contribution in [0.15, 0.2) is 72.5 Å². The van der Waals surface area contributed by atoms with Gasteiger partial charge in [0.15, 0.2) is 5.76 Å². The van der Waals surface area contributed by atoms with Gasteiger partial charge in [0.2, 0.25) is 5.78 Å². The zero-order chi connectivity index (χ0) is 21.1. The van der Waals surface area contributed by atoms with Crippen molar-refractivity contribution in [1.29, 1.82) is 0 Å². The van der Waals surface area contributed by atoms with E-state index in [0.29, 0.717) is 27.8 Å². The summed E-state index contributed by atoms with van der Waals surface area (Å²) in [5.74, 6) is 0.798. The van der Waals surface area contributed by atoms with Gasteiger partial charge in [-0.15, -0.1) is 0 Å². The molecule has 0 bridgehead atoms. The Morgan fingerprint density at radius 1 is 1.07 bits per heavy atom. The maximum Gasteiger partial charge on any atom is 0.315 e. The molecule has 0 atom stereocenters. The summed E-state index contributed by atoms with van der Waals surface area (Å²) < 4.78 is 16.4. The van der Waals surface area contributed by atoms with Gasteiger partial charge < -0.3 is 14.2 Å². The Morgan fingerprint density at radius 3 is 2.60 bits per heavy atom. The van der Waals surface area contributed by atoms with Crippen LogP contribution in [0.1, 0.15) is 21.5 Å². The number of hydrogen-bond acceptors (Lipinski definition) is 5. The highest BCUT2D eigenvalue weighted by molar-refractivity contribution is 6.30. The molecule has 0 saturated carbocycles. The molecule has 0 unspecified atom stereocenters. The SMILES string of the molecule is COc1ccccc1/C=C1\Oc2cc(OC(=O)Cc3ccc(Cl)cc3)ccc2C1=O. The molecule has 5 nitrogen and oxygen atoms in total. The molecule has 0 saturated heterocycles. The fourth-order valence-corrected chi connectivity index (χ4v) is 3.22. The second-order valence-electron chi connectivity index (χ2n) is 6.62. The predicted molar refractivity (Wildman–Crippen MR) is 113 cm³/mol. The first kappa shape index (κ1) is 19.7. The minimum absolute atomic E-state index is 0.104. The number of ether oxygens (including phenoxy) is 3. The number of methoxy groups -OCH3 is 1. The Kier molecular flexibility index (Phi) is 5.55. The van der Waals surface area contributed by atoms with Crippen LogP contribution < -0.4 is 14.2 Å². The summed E-state index contributed by atoms with van der Waals surface area (Å²) in [6.45, 7) is 0. The third-order valence-electron chi connectivity index (χ3n) is 4.56. The predicted octanol–water partition coefficient (Wildman–Crippen LogP) is 5.11. The van der Waals surface area contributed by atoms with E-state index in [2.05, 4.69) is 0 Å². The summed E-state index contributed by atoms with van der Waals surface area (Å²) in [5.41, 5.74) is 1.93. The first-order valence-electron chi connectivity index (χ1n) is 9.20. The summed E-state index contributed by atoms with van der Waals surface area (Å²) in [4.78, 5) is 24.9. The quantitative estimate of drug-likeness (QED) is 0.326. The van der Waals surface area contributed by atoms with Crippen LogP contribution in [0.3, 0.4) is 0 Å². The first-order chi connectivity index (χ1) is 14.5. The second-order valence-corrected chi connectivity index (χ2v) is 7.05. The van der Waals surface area contributed by atoms with Crippen molar-refractivity contribution < 1.29 is 23.8 Å². The van der Waals surface area contributed by atoms with Crippen LogP contribution in [0, 0.1) is 0 Å². The number of carbonyl (C=O) groups is 2. The number of halogens is 1. The van der Waals surface area contributed by atoms with Gasteiger partial charge in [-0.3, -0.25) is 9.59 Å². The third-order valence-corrected chi connectivity index (χ3v) is 4.81. The summed E-state index contributed by atoms with van der Waals surface area (Å²) in [6.07, 6.45) is 1.74. The van der Waals surface area contributed by atoms with Gasteiger partial charge in [-0.2, -0.15) is 0 Å². The smallest absolute Gasteiger partial charge is 0.315 e. The van der Waals surface area contributed by atoms with Crippen molar-refractivity contribution in [2.45, 2.75) is 6.42 Å². The van der Waals surface area contributed by atoms with E-state index in [4.69, 9.17) is 25.8 Å². The van der Waals surface area contributed by atoms with Crippen molar-refractivity contribution in [1.82, 2.24) is 0 Å². The monoisotopic (exact) mass is 420 g/mol. The Balaban J connectivity index is 1.50. The van der Waals surface area contributed by atoms with E-state index in [1.165, 1.54) is 6.07 Å². The van der Waals surface area contributed by atoms with Crippen molar-refractivity contribution >= 4 is 29.4 Å². The van der Waals surface area contributed by atoms with Crippen LogP contribution in [0.2, 0.25) is 5.02 Å². The van der Waals surface area contributed by atoms with Gasteiger partial charge >= 0.3 is 5.97 Å². The van der Waals surface area contributed by atoms with E-state index < -0.39 is 5.97 Å². The molecule has 6 heteroatoms. The number of allylic oxidation sites excluding steroid dienone is 1. The number of rotatable bonds is 5. The third kappa shape index (κ3) is 4.21. The average Bonchev–Trinajstić information content (AvgIpc) is 3.05. The van der Waals surface area contributed by atoms with Gasteiger partial charge in [-0.1, -0.05) is 41.9 Å². The molecule has 1 aliphatic rings. The fraction of sp³-hybridized carbons (Fsp3) is 0.0833.